The average molecular weight is 209 g/mol. The molecule has 1 N–H and O–H groups in total. The fourth-order valence-electron chi connectivity index (χ4n) is 1.09. The van der Waals surface area contributed by atoms with E-state index in [1.165, 1.54) is 0 Å². The Labute approximate surface area is 86.0 Å². The highest BCUT2D eigenvalue weighted by Gasteiger charge is 2.07. The van der Waals surface area contributed by atoms with E-state index in [0.29, 0.717) is 0 Å². The van der Waals surface area contributed by atoms with Crippen LogP contribution in [0.3, 0.4) is 0 Å². The zero-order chi connectivity index (χ0) is 9.80. The third-order valence-electron chi connectivity index (χ3n) is 1.76. The molecule has 2 aromatic rings. The molecule has 0 aliphatic heterocycles. The summed E-state index contributed by atoms with van der Waals surface area (Å²) in [7, 11) is 0. The van der Waals surface area contributed by atoms with E-state index in [0.717, 1.165) is 29.6 Å². The van der Waals surface area contributed by atoms with Crippen molar-refractivity contribution in [3.8, 4) is 10.8 Å². The highest BCUT2D eigenvalue weighted by atomic mass is 32.1. The number of nitrogens with zero attached hydrogens (tertiary/aromatic N) is 2. The normalized spacial score (nSPS) is 10.6. The first-order valence-corrected chi connectivity index (χ1v) is 5.34. The van der Waals surface area contributed by atoms with Crippen molar-refractivity contribution in [2.45, 2.75) is 13.5 Å². The van der Waals surface area contributed by atoms with Gasteiger partial charge in [0.2, 0.25) is 0 Å². The van der Waals surface area contributed by atoms with Crippen molar-refractivity contribution in [3.63, 3.8) is 0 Å². The van der Waals surface area contributed by atoms with Gasteiger partial charge in [0.1, 0.15) is 0 Å². The molecule has 0 aliphatic rings. The summed E-state index contributed by atoms with van der Waals surface area (Å²) in [4.78, 5) is 4.14. The van der Waals surface area contributed by atoms with Gasteiger partial charge in [0.15, 0.2) is 10.8 Å². The molecule has 0 unspecified atom stereocenters. The molecule has 2 rings (SSSR count). The Bertz CT molecular complexity index is 382. The molecule has 5 heteroatoms. The van der Waals surface area contributed by atoms with Crippen molar-refractivity contribution in [3.05, 3.63) is 23.3 Å². The van der Waals surface area contributed by atoms with Gasteiger partial charge in [0.25, 0.3) is 0 Å². The van der Waals surface area contributed by atoms with Crippen LogP contribution in [0.1, 0.15) is 12.6 Å². The molecule has 74 valence electrons. The summed E-state index contributed by atoms with van der Waals surface area (Å²) in [5.74, 6) is 0.743. The largest absolute Gasteiger partial charge is 0.353 e. The molecule has 4 nitrogen and oxygen atoms in total. The Morgan fingerprint density at radius 1 is 1.57 bits per heavy atom. The van der Waals surface area contributed by atoms with Crippen molar-refractivity contribution in [1.29, 1.82) is 0 Å². The summed E-state index contributed by atoms with van der Waals surface area (Å²) >= 11 is 1.55. The lowest BCUT2D eigenvalue weighted by molar-refractivity contribution is 0.420. The van der Waals surface area contributed by atoms with Crippen LogP contribution >= 0.6 is 11.3 Å². The highest BCUT2D eigenvalue weighted by molar-refractivity contribution is 7.13. The van der Waals surface area contributed by atoms with E-state index in [1.54, 1.807) is 17.5 Å². The zero-order valence-corrected chi connectivity index (χ0v) is 8.67. The minimum atomic E-state index is 0.741. The highest BCUT2D eigenvalue weighted by Crippen LogP contribution is 2.21. The third-order valence-corrected chi connectivity index (χ3v) is 2.55. The summed E-state index contributed by atoms with van der Waals surface area (Å²) < 4.78 is 5.16. The van der Waals surface area contributed by atoms with Crippen LogP contribution in [0.25, 0.3) is 10.8 Å². The fourth-order valence-corrected chi connectivity index (χ4v) is 1.68. The van der Waals surface area contributed by atoms with E-state index in [4.69, 9.17) is 4.52 Å². The number of thiazole rings is 1. The maximum absolute atomic E-state index is 5.16. The summed E-state index contributed by atoms with van der Waals surface area (Å²) in [6.07, 6.45) is 1.76. The molecule has 14 heavy (non-hydrogen) atoms. The lowest BCUT2D eigenvalue weighted by Crippen LogP contribution is -2.11. The van der Waals surface area contributed by atoms with Gasteiger partial charge in [-0.05, 0) is 6.54 Å². The molecule has 0 radical (unpaired) electrons. The topological polar surface area (TPSA) is 51.0 Å². The second-order valence-corrected chi connectivity index (χ2v) is 3.69. The number of rotatable bonds is 4. The molecule has 0 saturated carbocycles. The van der Waals surface area contributed by atoms with Crippen LogP contribution in [0, 0.1) is 0 Å². The van der Waals surface area contributed by atoms with Crippen LogP contribution in [0.2, 0.25) is 0 Å². The molecule has 2 aromatic heterocycles. The lowest BCUT2D eigenvalue weighted by atomic mass is 10.3. The predicted octanol–water partition coefficient (Wildman–Crippen LogP) is 1.91. The smallest absolute Gasteiger partial charge is 0.195 e. The molecule has 0 aromatic carbocycles. The first-order chi connectivity index (χ1) is 6.90. The second kappa shape index (κ2) is 4.34. The molecule has 0 bridgehead atoms. The van der Waals surface area contributed by atoms with E-state index < -0.39 is 0 Å². The van der Waals surface area contributed by atoms with Gasteiger partial charge in [0.05, 0.1) is 5.69 Å². The molecule has 0 fully saturated rings. The van der Waals surface area contributed by atoms with Crippen molar-refractivity contribution >= 4 is 11.3 Å². The number of hydrogen-bond donors (Lipinski definition) is 1. The molecular weight excluding hydrogens is 198 g/mol. The number of nitrogens with one attached hydrogen (secondary N) is 1. The Morgan fingerprint density at radius 3 is 3.21 bits per heavy atom. The number of hydrogen-bond acceptors (Lipinski definition) is 5. The Morgan fingerprint density at radius 2 is 2.50 bits per heavy atom. The van der Waals surface area contributed by atoms with Crippen LogP contribution in [0.4, 0.5) is 0 Å². The van der Waals surface area contributed by atoms with Crippen molar-refractivity contribution in [2.24, 2.45) is 0 Å². The third kappa shape index (κ3) is 2.00. The minimum Gasteiger partial charge on any atom is -0.353 e. The molecule has 0 saturated heterocycles. The second-order valence-electron chi connectivity index (χ2n) is 2.80. The molecule has 0 amide bonds. The molecular formula is C9H11N3OS. The zero-order valence-electron chi connectivity index (χ0n) is 7.86. The first kappa shape index (κ1) is 9.36. The quantitative estimate of drug-likeness (QED) is 0.835. The monoisotopic (exact) mass is 209 g/mol. The standard InChI is InChI=1S/C9H11N3OS/c1-2-10-6-7-5-8(13-12-7)9-11-3-4-14-9/h3-5,10H,2,6H2,1H3. The van der Waals surface area contributed by atoms with Crippen molar-refractivity contribution in [1.82, 2.24) is 15.5 Å². The molecule has 0 atom stereocenters. The van der Waals surface area contributed by atoms with Crippen molar-refractivity contribution < 1.29 is 4.52 Å². The maximum atomic E-state index is 5.16. The predicted molar refractivity (Wildman–Crippen MR) is 55.0 cm³/mol. The van der Waals surface area contributed by atoms with Crippen LogP contribution in [0.5, 0.6) is 0 Å². The van der Waals surface area contributed by atoms with Gasteiger partial charge in [0, 0.05) is 24.2 Å². The van der Waals surface area contributed by atoms with Gasteiger partial charge in [-0.25, -0.2) is 4.98 Å². The van der Waals surface area contributed by atoms with Gasteiger partial charge in [-0.2, -0.15) is 0 Å². The van der Waals surface area contributed by atoms with Gasteiger partial charge >= 0.3 is 0 Å². The molecule has 0 aliphatic carbocycles. The maximum Gasteiger partial charge on any atom is 0.195 e. The lowest BCUT2D eigenvalue weighted by Gasteiger charge is -1.92. The van der Waals surface area contributed by atoms with Crippen LogP contribution in [-0.2, 0) is 6.54 Å². The SMILES string of the molecule is CCNCc1cc(-c2nccs2)on1. The van der Waals surface area contributed by atoms with E-state index in [2.05, 4.69) is 22.4 Å². The van der Waals surface area contributed by atoms with E-state index in [-0.39, 0.29) is 0 Å². The average Bonchev–Trinajstić information content (AvgIpc) is 2.85. The van der Waals surface area contributed by atoms with Gasteiger partial charge in [-0.1, -0.05) is 12.1 Å². The molecule has 2 heterocycles. The molecule has 0 spiro atoms. The van der Waals surface area contributed by atoms with Crippen LogP contribution in [0.15, 0.2) is 22.2 Å². The summed E-state index contributed by atoms with van der Waals surface area (Å²) in [5, 5.41) is 9.92. The summed E-state index contributed by atoms with van der Waals surface area (Å²) in [5.41, 5.74) is 0.914. The Kier molecular flexibility index (Phi) is 2.90. The summed E-state index contributed by atoms with van der Waals surface area (Å²) in [6, 6.07) is 1.92. The fraction of sp³-hybridized carbons (Fsp3) is 0.333. The Balaban J connectivity index is 2.10. The van der Waals surface area contributed by atoms with E-state index >= 15 is 0 Å². The van der Waals surface area contributed by atoms with Crippen LogP contribution in [-0.4, -0.2) is 16.7 Å². The van der Waals surface area contributed by atoms with Gasteiger partial charge < -0.3 is 9.84 Å². The minimum absolute atomic E-state index is 0.741. The summed E-state index contributed by atoms with van der Waals surface area (Å²) in [6.45, 7) is 3.73. The Hall–Kier alpha value is -1.20. The van der Waals surface area contributed by atoms with E-state index in [9.17, 15) is 0 Å². The number of aromatic nitrogens is 2. The van der Waals surface area contributed by atoms with E-state index in [1.807, 2.05) is 11.4 Å². The van der Waals surface area contributed by atoms with Gasteiger partial charge in [-0.15, -0.1) is 11.3 Å². The first-order valence-electron chi connectivity index (χ1n) is 4.46. The van der Waals surface area contributed by atoms with Crippen molar-refractivity contribution in [2.75, 3.05) is 6.54 Å². The van der Waals surface area contributed by atoms with Crippen LogP contribution < -0.4 is 5.32 Å². The van der Waals surface area contributed by atoms with Gasteiger partial charge in [-0.3, -0.25) is 0 Å².